The summed E-state index contributed by atoms with van der Waals surface area (Å²) in [6.07, 6.45) is 21.3. The van der Waals surface area contributed by atoms with Gasteiger partial charge in [0, 0.05) is 5.92 Å². The predicted molar refractivity (Wildman–Crippen MR) is 152 cm³/mol. The molecular formula is C31H56O2Si. The molecule has 0 aliphatic rings. The largest absolute Gasteiger partial charge is 0.413 e. The molecule has 1 rings (SSSR count). The van der Waals surface area contributed by atoms with Crippen LogP contribution in [-0.2, 0) is 15.8 Å². The minimum absolute atomic E-state index is 0.0349. The molecule has 0 heterocycles. The topological polar surface area (TPSA) is 26.3 Å². The minimum Gasteiger partial charge on any atom is -0.413 e. The Morgan fingerprint density at radius 2 is 1.21 bits per heavy atom. The Balaban J connectivity index is 2.15. The first-order valence-electron chi connectivity index (χ1n) is 14.4. The zero-order valence-corrected chi connectivity index (χ0v) is 24.6. The van der Waals surface area contributed by atoms with Crippen LogP contribution >= 0.6 is 0 Å². The minimum atomic E-state index is -1.73. The smallest absolute Gasteiger partial charge is 0.192 e. The summed E-state index contributed by atoms with van der Waals surface area (Å²) in [5, 5.41) is 0.225. The summed E-state index contributed by atoms with van der Waals surface area (Å²) in [7, 11) is -1.73. The molecule has 0 radical (unpaired) electrons. The lowest BCUT2D eigenvalue weighted by Gasteiger charge is -2.36. The number of rotatable bonds is 20. The van der Waals surface area contributed by atoms with E-state index in [0.29, 0.717) is 6.61 Å². The predicted octanol–water partition coefficient (Wildman–Crippen LogP) is 10.4. The maximum absolute atomic E-state index is 11.7. The van der Waals surface area contributed by atoms with Gasteiger partial charge < -0.3 is 9.22 Å². The van der Waals surface area contributed by atoms with Gasteiger partial charge in [0.2, 0.25) is 0 Å². The summed E-state index contributed by atoms with van der Waals surface area (Å²) in [4.78, 5) is 11.7. The molecule has 0 fully saturated rings. The number of carbonyl (C=O) groups excluding carboxylic acids is 1. The summed E-state index contributed by atoms with van der Waals surface area (Å²) in [5.41, 5.74) is 2.36. The number of hydrogen-bond donors (Lipinski definition) is 0. The van der Waals surface area contributed by atoms with Crippen LogP contribution in [0, 0.1) is 0 Å². The second-order valence-electron chi connectivity index (χ2n) is 11.9. The monoisotopic (exact) mass is 488 g/mol. The third kappa shape index (κ3) is 13.2. The molecule has 3 heteroatoms. The molecule has 0 saturated carbocycles. The van der Waals surface area contributed by atoms with Crippen molar-refractivity contribution >= 4 is 14.6 Å². The molecule has 0 aliphatic heterocycles. The van der Waals surface area contributed by atoms with E-state index >= 15 is 0 Å². The molecule has 2 nitrogen and oxygen atoms in total. The molecular weight excluding hydrogens is 432 g/mol. The summed E-state index contributed by atoms with van der Waals surface area (Å²) in [6.45, 7) is 14.4. The zero-order valence-electron chi connectivity index (χ0n) is 23.6. The van der Waals surface area contributed by atoms with Crippen LogP contribution in [0.15, 0.2) is 24.3 Å². The third-order valence-corrected chi connectivity index (χ3v) is 12.3. The molecule has 1 atom stereocenters. The fourth-order valence-electron chi connectivity index (χ4n) is 4.21. The van der Waals surface area contributed by atoms with Gasteiger partial charge in [-0.3, -0.25) is 0 Å². The zero-order chi connectivity index (χ0) is 25.3. The Hall–Kier alpha value is -0.933. The van der Waals surface area contributed by atoms with Crippen LogP contribution in [0.3, 0.4) is 0 Å². The lowest BCUT2D eigenvalue weighted by Crippen LogP contribution is -2.40. The van der Waals surface area contributed by atoms with Crippen LogP contribution in [-0.4, -0.2) is 14.6 Å². The average molecular weight is 489 g/mol. The van der Waals surface area contributed by atoms with Gasteiger partial charge in [0.15, 0.2) is 8.32 Å². The van der Waals surface area contributed by atoms with Crippen molar-refractivity contribution in [2.45, 2.75) is 155 Å². The highest BCUT2D eigenvalue weighted by molar-refractivity contribution is 6.74. The van der Waals surface area contributed by atoms with Crippen molar-refractivity contribution in [2.75, 3.05) is 0 Å². The molecule has 34 heavy (non-hydrogen) atoms. The standard InChI is InChI=1S/C31H56O2Si/c1-7-8-9-10-11-12-13-14-15-16-17-18-19-20-21-30(26-32)29-24-22-28(23-25-29)27-33-34(5,6)31(2,3)4/h22-26,30H,7-21,27H2,1-6H3. The third-order valence-electron chi connectivity index (χ3n) is 7.85. The molecule has 0 saturated heterocycles. The molecule has 0 N–H and O–H groups in total. The van der Waals surface area contributed by atoms with E-state index in [-0.39, 0.29) is 11.0 Å². The van der Waals surface area contributed by atoms with E-state index in [1.807, 2.05) is 0 Å². The number of hydrogen-bond acceptors (Lipinski definition) is 2. The Morgan fingerprint density at radius 1 is 0.765 bits per heavy atom. The maximum Gasteiger partial charge on any atom is 0.192 e. The molecule has 0 bridgehead atoms. The lowest BCUT2D eigenvalue weighted by molar-refractivity contribution is -0.109. The van der Waals surface area contributed by atoms with E-state index < -0.39 is 8.32 Å². The first-order valence-corrected chi connectivity index (χ1v) is 17.3. The van der Waals surface area contributed by atoms with Crippen LogP contribution in [0.5, 0.6) is 0 Å². The fraction of sp³-hybridized carbons (Fsp3) is 0.774. The molecule has 0 aromatic heterocycles. The van der Waals surface area contributed by atoms with Gasteiger partial charge in [-0.25, -0.2) is 0 Å². The molecule has 0 spiro atoms. The number of aldehydes is 1. The first kappa shape index (κ1) is 31.1. The number of benzene rings is 1. The Bertz CT molecular complexity index is 630. The second kappa shape index (κ2) is 17.5. The average Bonchev–Trinajstić information content (AvgIpc) is 2.80. The molecule has 1 aromatic carbocycles. The van der Waals surface area contributed by atoms with Gasteiger partial charge >= 0.3 is 0 Å². The Labute approximate surface area is 213 Å². The van der Waals surface area contributed by atoms with Crippen LogP contribution in [0.2, 0.25) is 18.1 Å². The van der Waals surface area contributed by atoms with Crippen molar-refractivity contribution in [3.05, 3.63) is 35.4 Å². The van der Waals surface area contributed by atoms with Gasteiger partial charge in [-0.1, -0.05) is 142 Å². The van der Waals surface area contributed by atoms with Gasteiger partial charge in [-0.05, 0) is 35.7 Å². The van der Waals surface area contributed by atoms with E-state index in [4.69, 9.17) is 4.43 Å². The summed E-state index contributed by atoms with van der Waals surface area (Å²) < 4.78 is 6.33. The summed E-state index contributed by atoms with van der Waals surface area (Å²) in [6, 6.07) is 8.55. The van der Waals surface area contributed by atoms with Gasteiger partial charge in [0.1, 0.15) is 6.29 Å². The van der Waals surface area contributed by atoms with Crippen molar-refractivity contribution in [1.82, 2.24) is 0 Å². The van der Waals surface area contributed by atoms with Crippen molar-refractivity contribution < 1.29 is 9.22 Å². The Kier molecular flexibility index (Phi) is 16.0. The van der Waals surface area contributed by atoms with Crippen LogP contribution in [0.1, 0.15) is 141 Å². The highest BCUT2D eigenvalue weighted by Gasteiger charge is 2.37. The molecule has 1 unspecified atom stereocenters. The molecule has 0 amide bonds. The highest BCUT2D eigenvalue weighted by atomic mass is 28.4. The second-order valence-corrected chi connectivity index (χ2v) is 16.7. The number of carbonyl (C=O) groups is 1. The van der Waals surface area contributed by atoms with E-state index in [2.05, 4.69) is 65.1 Å². The van der Waals surface area contributed by atoms with E-state index in [1.165, 1.54) is 89.0 Å². The fourth-order valence-corrected chi connectivity index (χ4v) is 5.17. The lowest BCUT2D eigenvalue weighted by atomic mass is 9.93. The molecule has 1 aromatic rings. The molecule has 0 aliphatic carbocycles. The van der Waals surface area contributed by atoms with Gasteiger partial charge in [0.25, 0.3) is 0 Å². The van der Waals surface area contributed by atoms with Crippen LogP contribution < -0.4 is 0 Å². The molecule has 196 valence electrons. The van der Waals surface area contributed by atoms with Crippen molar-refractivity contribution in [3.63, 3.8) is 0 Å². The van der Waals surface area contributed by atoms with E-state index in [9.17, 15) is 4.79 Å². The van der Waals surface area contributed by atoms with E-state index in [0.717, 1.165) is 24.7 Å². The normalized spacial score (nSPS) is 13.2. The highest BCUT2D eigenvalue weighted by Crippen LogP contribution is 2.37. The van der Waals surface area contributed by atoms with Crippen molar-refractivity contribution in [2.24, 2.45) is 0 Å². The Morgan fingerprint density at radius 3 is 1.62 bits per heavy atom. The van der Waals surface area contributed by atoms with Crippen molar-refractivity contribution in [1.29, 1.82) is 0 Å². The van der Waals surface area contributed by atoms with Crippen LogP contribution in [0.25, 0.3) is 0 Å². The summed E-state index contributed by atoms with van der Waals surface area (Å²) in [5.74, 6) is 0.0349. The summed E-state index contributed by atoms with van der Waals surface area (Å²) >= 11 is 0. The maximum atomic E-state index is 11.7. The SMILES string of the molecule is CCCCCCCCCCCCCCCCC(C=O)c1ccc(CO[Si](C)(C)C(C)(C)C)cc1. The van der Waals surface area contributed by atoms with Gasteiger partial charge in [-0.15, -0.1) is 0 Å². The van der Waals surface area contributed by atoms with Gasteiger partial charge in [0.05, 0.1) is 6.61 Å². The van der Waals surface area contributed by atoms with E-state index in [1.54, 1.807) is 0 Å². The van der Waals surface area contributed by atoms with Gasteiger partial charge in [-0.2, -0.15) is 0 Å². The quantitative estimate of drug-likeness (QED) is 0.104. The van der Waals surface area contributed by atoms with Crippen molar-refractivity contribution in [3.8, 4) is 0 Å². The number of unbranched alkanes of at least 4 members (excludes halogenated alkanes) is 13. The van der Waals surface area contributed by atoms with Crippen LogP contribution in [0.4, 0.5) is 0 Å². The first-order chi connectivity index (χ1) is 16.2.